The van der Waals surface area contributed by atoms with Crippen molar-refractivity contribution in [2.24, 2.45) is 4.99 Å². The van der Waals surface area contributed by atoms with Gasteiger partial charge in [0.2, 0.25) is 0 Å². The van der Waals surface area contributed by atoms with E-state index in [0.29, 0.717) is 5.56 Å². The SMILES string of the molecule is N=C(CC(=Nc1ccccc1Cl)c1ccc(C(=O)NCc2ccc(C(F)(F)F)cc2)cc1)C(F)(F)F. The Labute approximate surface area is 207 Å². The third kappa shape index (κ3) is 7.17. The van der Waals surface area contributed by atoms with Crippen molar-refractivity contribution in [3.63, 3.8) is 0 Å². The van der Waals surface area contributed by atoms with Crippen LogP contribution in [-0.4, -0.2) is 23.5 Å². The second-order valence-electron chi connectivity index (χ2n) is 7.62. The van der Waals surface area contributed by atoms with Gasteiger partial charge in [0.1, 0.15) is 5.71 Å². The summed E-state index contributed by atoms with van der Waals surface area (Å²) >= 11 is 6.07. The van der Waals surface area contributed by atoms with Crippen LogP contribution in [0.25, 0.3) is 0 Å². The summed E-state index contributed by atoms with van der Waals surface area (Å²) < 4.78 is 77.0. The van der Waals surface area contributed by atoms with Crippen LogP contribution in [0.1, 0.15) is 33.5 Å². The summed E-state index contributed by atoms with van der Waals surface area (Å²) in [6.07, 6.45) is -10.1. The van der Waals surface area contributed by atoms with Gasteiger partial charge in [0.25, 0.3) is 5.91 Å². The van der Waals surface area contributed by atoms with E-state index in [4.69, 9.17) is 17.0 Å². The predicted molar refractivity (Wildman–Crippen MR) is 125 cm³/mol. The maximum absolute atomic E-state index is 13.0. The topological polar surface area (TPSA) is 65.3 Å². The third-order valence-electron chi connectivity index (χ3n) is 5.01. The number of carbonyl (C=O) groups is 1. The number of hydrogen-bond donors (Lipinski definition) is 2. The Morgan fingerprint density at radius 3 is 2.00 bits per heavy atom. The molecular weight excluding hydrogens is 508 g/mol. The molecule has 3 aromatic rings. The zero-order valence-electron chi connectivity index (χ0n) is 18.3. The van der Waals surface area contributed by atoms with Crippen LogP contribution in [0.2, 0.25) is 5.02 Å². The minimum absolute atomic E-state index is 0.0271. The maximum Gasteiger partial charge on any atom is 0.429 e. The van der Waals surface area contributed by atoms with Gasteiger partial charge in [-0.3, -0.25) is 9.79 Å². The molecule has 0 aliphatic carbocycles. The first-order valence-corrected chi connectivity index (χ1v) is 10.7. The fourth-order valence-electron chi connectivity index (χ4n) is 3.07. The van der Waals surface area contributed by atoms with Gasteiger partial charge in [-0.1, -0.05) is 48.0 Å². The molecule has 0 aliphatic heterocycles. The van der Waals surface area contributed by atoms with Crippen LogP contribution in [0.5, 0.6) is 0 Å². The standard InChI is InChI=1S/C25H18ClF6N3O/c26-19-3-1-2-4-20(19)35-21(13-22(33)25(30,31)32)16-7-9-17(10-8-16)23(36)34-14-15-5-11-18(12-6-15)24(27,28)29/h1-12,33H,13-14H2,(H,34,36). The third-order valence-corrected chi connectivity index (χ3v) is 5.33. The second kappa shape index (κ2) is 10.9. The highest BCUT2D eigenvalue weighted by Crippen LogP contribution is 2.29. The van der Waals surface area contributed by atoms with Crippen LogP contribution >= 0.6 is 11.6 Å². The van der Waals surface area contributed by atoms with Gasteiger partial charge in [0, 0.05) is 18.5 Å². The van der Waals surface area contributed by atoms with Gasteiger partial charge < -0.3 is 10.7 Å². The summed E-state index contributed by atoms with van der Waals surface area (Å²) in [5.41, 5.74) is -1.26. The van der Waals surface area contributed by atoms with Crippen LogP contribution in [0, 0.1) is 5.41 Å². The van der Waals surface area contributed by atoms with Crippen molar-refractivity contribution in [1.82, 2.24) is 5.32 Å². The number of halogens is 7. The molecule has 2 N–H and O–H groups in total. The molecule has 0 saturated carbocycles. The highest BCUT2D eigenvalue weighted by molar-refractivity contribution is 6.33. The lowest BCUT2D eigenvalue weighted by Gasteiger charge is -2.12. The van der Waals surface area contributed by atoms with E-state index in [1.54, 1.807) is 12.1 Å². The first kappa shape index (κ1) is 26.9. The van der Waals surface area contributed by atoms with Gasteiger partial charge in [-0.15, -0.1) is 0 Å². The summed E-state index contributed by atoms with van der Waals surface area (Å²) in [5, 5.41) is 10.2. The zero-order chi connectivity index (χ0) is 26.5. The van der Waals surface area contributed by atoms with Crippen molar-refractivity contribution >= 4 is 34.6 Å². The molecule has 0 bridgehead atoms. The highest BCUT2D eigenvalue weighted by Gasteiger charge is 2.35. The molecule has 0 radical (unpaired) electrons. The number of hydrogen-bond acceptors (Lipinski definition) is 3. The van der Waals surface area contributed by atoms with Gasteiger partial charge in [0.05, 0.1) is 22.0 Å². The van der Waals surface area contributed by atoms with Crippen LogP contribution in [0.4, 0.5) is 32.0 Å². The Morgan fingerprint density at radius 1 is 0.861 bits per heavy atom. The van der Waals surface area contributed by atoms with Crippen molar-refractivity contribution in [2.75, 3.05) is 0 Å². The lowest BCUT2D eigenvalue weighted by atomic mass is 10.0. The first-order valence-electron chi connectivity index (χ1n) is 10.4. The van der Waals surface area contributed by atoms with Crippen molar-refractivity contribution in [2.45, 2.75) is 25.3 Å². The molecule has 11 heteroatoms. The summed E-state index contributed by atoms with van der Waals surface area (Å²) in [4.78, 5) is 16.7. The van der Waals surface area contributed by atoms with E-state index in [-0.39, 0.29) is 34.1 Å². The molecule has 0 unspecified atom stereocenters. The van der Waals surface area contributed by atoms with E-state index in [0.717, 1.165) is 12.1 Å². The average Bonchev–Trinajstić information content (AvgIpc) is 2.82. The number of carbonyl (C=O) groups excluding carboxylic acids is 1. The molecule has 0 atom stereocenters. The normalized spacial score (nSPS) is 12.4. The Hall–Kier alpha value is -3.66. The number of nitrogens with zero attached hydrogens (tertiary/aromatic N) is 1. The van der Waals surface area contributed by atoms with Crippen molar-refractivity contribution in [3.8, 4) is 0 Å². The molecular formula is C25H18ClF6N3O. The molecule has 0 heterocycles. The fourth-order valence-corrected chi connectivity index (χ4v) is 3.25. The van der Waals surface area contributed by atoms with E-state index in [9.17, 15) is 31.1 Å². The molecule has 188 valence electrons. The monoisotopic (exact) mass is 525 g/mol. The molecule has 3 aromatic carbocycles. The molecule has 3 rings (SSSR count). The second-order valence-corrected chi connectivity index (χ2v) is 8.02. The number of nitrogens with one attached hydrogen (secondary N) is 2. The number of benzene rings is 3. The minimum atomic E-state index is -4.83. The number of para-hydroxylation sites is 1. The fraction of sp³-hybridized carbons (Fsp3) is 0.160. The molecule has 0 saturated heterocycles. The minimum Gasteiger partial charge on any atom is -0.348 e. The molecule has 36 heavy (non-hydrogen) atoms. The number of amides is 1. The van der Waals surface area contributed by atoms with E-state index in [1.807, 2.05) is 0 Å². The maximum atomic E-state index is 13.0. The van der Waals surface area contributed by atoms with Crippen LogP contribution in [0.3, 0.4) is 0 Å². The smallest absolute Gasteiger partial charge is 0.348 e. The Kier molecular flexibility index (Phi) is 8.19. The van der Waals surface area contributed by atoms with Crippen LogP contribution in [-0.2, 0) is 12.7 Å². The van der Waals surface area contributed by atoms with E-state index in [2.05, 4.69) is 10.3 Å². The zero-order valence-corrected chi connectivity index (χ0v) is 19.1. The predicted octanol–water partition coefficient (Wildman–Crippen LogP) is 7.38. The number of alkyl halides is 6. The van der Waals surface area contributed by atoms with Gasteiger partial charge in [-0.05, 0) is 47.5 Å². The Bertz CT molecular complexity index is 1270. The largest absolute Gasteiger partial charge is 0.429 e. The van der Waals surface area contributed by atoms with Crippen LogP contribution in [0.15, 0.2) is 77.8 Å². The highest BCUT2D eigenvalue weighted by atomic mass is 35.5. The van der Waals surface area contributed by atoms with Gasteiger partial charge in [-0.2, -0.15) is 26.3 Å². The molecule has 0 spiro atoms. The van der Waals surface area contributed by atoms with Gasteiger partial charge in [0.15, 0.2) is 0 Å². The van der Waals surface area contributed by atoms with E-state index in [1.165, 1.54) is 48.5 Å². The van der Waals surface area contributed by atoms with E-state index < -0.39 is 36.0 Å². The summed E-state index contributed by atoms with van der Waals surface area (Å²) in [7, 11) is 0. The average molecular weight is 526 g/mol. The lowest BCUT2D eigenvalue weighted by Crippen LogP contribution is -2.25. The Balaban J connectivity index is 1.76. The van der Waals surface area contributed by atoms with Gasteiger partial charge >= 0.3 is 12.4 Å². The first-order chi connectivity index (χ1) is 16.8. The van der Waals surface area contributed by atoms with Crippen molar-refractivity contribution in [3.05, 3.63) is 100 Å². The van der Waals surface area contributed by atoms with E-state index >= 15 is 0 Å². The van der Waals surface area contributed by atoms with Crippen molar-refractivity contribution in [1.29, 1.82) is 5.41 Å². The van der Waals surface area contributed by atoms with Gasteiger partial charge in [-0.25, -0.2) is 0 Å². The summed E-state index contributed by atoms with van der Waals surface area (Å²) in [5.74, 6) is -0.533. The number of rotatable bonds is 7. The summed E-state index contributed by atoms with van der Waals surface area (Å²) in [6, 6.07) is 16.1. The molecule has 0 fully saturated rings. The molecule has 1 amide bonds. The summed E-state index contributed by atoms with van der Waals surface area (Å²) in [6.45, 7) is -0.0271. The van der Waals surface area contributed by atoms with Crippen molar-refractivity contribution < 1.29 is 31.1 Å². The molecule has 0 aromatic heterocycles. The number of aliphatic imine (C=N–C) groups is 1. The quantitative estimate of drug-likeness (QED) is 0.245. The molecule has 0 aliphatic rings. The lowest BCUT2D eigenvalue weighted by molar-refractivity contribution is -0.137. The Morgan fingerprint density at radius 2 is 1.44 bits per heavy atom. The van der Waals surface area contributed by atoms with Crippen LogP contribution < -0.4 is 5.32 Å². The molecule has 4 nitrogen and oxygen atoms in total.